The number of anilines is 1. The van der Waals surface area contributed by atoms with Gasteiger partial charge in [-0.3, -0.25) is 4.79 Å². The van der Waals surface area contributed by atoms with Gasteiger partial charge >= 0.3 is 0 Å². The fraction of sp³-hybridized carbons (Fsp3) is 0.174. The number of sulfonamides is 1. The van der Waals surface area contributed by atoms with E-state index in [0.717, 1.165) is 9.87 Å². The summed E-state index contributed by atoms with van der Waals surface area (Å²) < 4.78 is 44.3. The van der Waals surface area contributed by atoms with Gasteiger partial charge in [0, 0.05) is 0 Å². The summed E-state index contributed by atoms with van der Waals surface area (Å²) in [4.78, 5) is 13.7. The number of carbonyl (C=O) groups is 1. The first kappa shape index (κ1) is 23.6. The largest absolute Gasteiger partial charge is 0.493 e. The molecule has 32 heavy (non-hydrogen) atoms. The van der Waals surface area contributed by atoms with E-state index in [9.17, 15) is 13.2 Å². The van der Waals surface area contributed by atoms with Crippen molar-refractivity contribution in [2.75, 3.05) is 25.6 Å². The van der Waals surface area contributed by atoms with E-state index in [1.54, 1.807) is 42.5 Å². The Labute approximate surface area is 195 Å². The van der Waals surface area contributed by atoms with Crippen molar-refractivity contribution < 1.29 is 27.4 Å². The highest BCUT2D eigenvalue weighted by atomic mass is 79.9. The van der Waals surface area contributed by atoms with E-state index in [4.69, 9.17) is 14.2 Å². The smallest absolute Gasteiger partial charge is 0.273 e. The van der Waals surface area contributed by atoms with Crippen molar-refractivity contribution in [2.45, 2.75) is 11.8 Å². The number of benzene rings is 3. The molecule has 0 aliphatic rings. The first-order valence-electron chi connectivity index (χ1n) is 9.46. The topological polar surface area (TPSA) is 82.1 Å². The van der Waals surface area contributed by atoms with Crippen LogP contribution in [0.25, 0.3) is 0 Å². The van der Waals surface area contributed by atoms with Crippen molar-refractivity contribution in [2.24, 2.45) is 0 Å². The van der Waals surface area contributed by atoms with Gasteiger partial charge in [0.2, 0.25) is 5.75 Å². The van der Waals surface area contributed by atoms with Gasteiger partial charge in [-0.15, -0.1) is 0 Å². The molecule has 0 fully saturated rings. The molecule has 0 heterocycles. The van der Waals surface area contributed by atoms with E-state index < -0.39 is 15.9 Å². The van der Waals surface area contributed by atoms with Gasteiger partial charge in [0.25, 0.3) is 15.9 Å². The quantitative estimate of drug-likeness (QED) is 0.445. The van der Waals surface area contributed by atoms with E-state index in [1.807, 2.05) is 6.92 Å². The second-order valence-electron chi connectivity index (χ2n) is 6.73. The van der Waals surface area contributed by atoms with Crippen LogP contribution in [-0.2, 0) is 10.0 Å². The molecule has 0 bridgehead atoms. The van der Waals surface area contributed by atoms with Gasteiger partial charge < -0.3 is 14.2 Å². The molecule has 0 aliphatic heterocycles. The Balaban J connectivity index is 2.26. The maximum absolute atomic E-state index is 13.8. The highest BCUT2D eigenvalue weighted by Crippen LogP contribution is 2.45. The number of aryl methyl sites for hydroxylation is 1. The number of hydrogen-bond donors (Lipinski definition) is 0. The van der Waals surface area contributed by atoms with Gasteiger partial charge in [0.1, 0.15) is 0 Å². The van der Waals surface area contributed by atoms with E-state index in [2.05, 4.69) is 15.9 Å². The van der Waals surface area contributed by atoms with Crippen LogP contribution in [0.15, 0.2) is 70.0 Å². The minimum absolute atomic E-state index is 0.0103. The van der Waals surface area contributed by atoms with Gasteiger partial charge in [-0.2, -0.15) is 4.31 Å². The van der Waals surface area contributed by atoms with Crippen LogP contribution in [-0.4, -0.2) is 35.7 Å². The van der Waals surface area contributed by atoms with Crippen LogP contribution in [0.3, 0.4) is 0 Å². The molecule has 0 saturated heterocycles. The monoisotopic (exact) mass is 519 g/mol. The third kappa shape index (κ3) is 4.31. The molecule has 0 aromatic heterocycles. The summed E-state index contributed by atoms with van der Waals surface area (Å²) >= 11 is 3.37. The molecule has 0 N–H and O–H groups in total. The third-order valence-electron chi connectivity index (χ3n) is 4.73. The molecule has 3 aromatic rings. The Morgan fingerprint density at radius 2 is 1.47 bits per heavy atom. The molecule has 1 amide bonds. The number of hydrogen-bond acceptors (Lipinski definition) is 6. The molecule has 3 aromatic carbocycles. The van der Waals surface area contributed by atoms with Crippen LogP contribution in [0.4, 0.5) is 5.69 Å². The van der Waals surface area contributed by atoms with Crippen molar-refractivity contribution in [1.29, 1.82) is 0 Å². The van der Waals surface area contributed by atoms with Gasteiger partial charge in [-0.1, -0.05) is 35.9 Å². The summed E-state index contributed by atoms with van der Waals surface area (Å²) in [7, 11) is 0.0223. The van der Waals surface area contributed by atoms with Crippen molar-refractivity contribution in [3.05, 3.63) is 76.3 Å². The Kier molecular flexibility index (Phi) is 7.10. The zero-order valence-electron chi connectivity index (χ0n) is 18.0. The number of ether oxygens (including phenoxy) is 3. The second kappa shape index (κ2) is 9.62. The molecule has 0 aliphatic carbocycles. The first-order chi connectivity index (χ1) is 15.3. The molecule has 9 heteroatoms. The minimum atomic E-state index is -4.24. The Morgan fingerprint density at radius 1 is 0.875 bits per heavy atom. The highest BCUT2D eigenvalue weighted by Gasteiger charge is 2.34. The van der Waals surface area contributed by atoms with Gasteiger partial charge in [-0.05, 0) is 53.2 Å². The predicted octanol–water partition coefficient (Wildman–Crippen LogP) is 4.82. The molecular weight excluding hydrogens is 498 g/mol. The summed E-state index contributed by atoms with van der Waals surface area (Å²) in [6, 6.07) is 15.9. The lowest BCUT2D eigenvalue weighted by Crippen LogP contribution is -2.37. The third-order valence-corrected chi connectivity index (χ3v) is 7.25. The standard InChI is InChI=1S/C23H22BrNO6S/c1-15-10-12-17(13-11-15)32(27,28)25(16-8-6-5-7-9-16)23(26)18-14-19(29-2)21(30-3)22(31-4)20(18)24/h5-14H,1-4H3. The zero-order valence-corrected chi connectivity index (χ0v) is 20.4. The molecule has 0 spiro atoms. The fourth-order valence-electron chi connectivity index (χ4n) is 3.13. The lowest BCUT2D eigenvalue weighted by atomic mass is 10.1. The molecule has 0 radical (unpaired) electrons. The number of halogens is 1. The van der Waals surface area contributed by atoms with Crippen LogP contribution in [0.1, 0.15) is 15.9 Å². The number of nitrogens with zero attached hydrogens (tertiary/aromatic N) is 1. The second-order valence-corrected chi connectivity index (χ2v) is 9.31. The molecule has 0 unspecified atom stereocenters. The fourth-order valence-corrected chi connectivity index (χ4v) is 5.16. The minimum Gasteiger partial charge on any atom is -0.493 e. The molecule has 0 atom stereocenters. The lowest BCUT2D eigenvalue weighted by molar-refractivity contribution is 0.100. The van der Waals surface area contributed by atoms with Crippen LogP contribution in [0.5, 0.6) is 17.2 Å². The molecule has 3 rings (SSSR count). The summed E-state index contributed by atoms with van der Waals surface area (Å²) in [5, 5.41) is 0. The highest BCUT2D eigenvalue weighted by molar-refractivity contribution is 9.10. The molecular formula is C23H22BrNO6S. The van der Waals surface area contributed by atoms with Crippen molar-refractivity contribution >= 4 is 37.5 Å². The average molecular weight is 520 g/mol. The number of rotatable bonds is 7. The number of carbonyl (C=O) groups excluding carboxylic acids is 1. The van der Waals surface area contributed by atoms with Gasteiger partial charge in [0.05, 0.1) is 41.9 Å². The Bertz CT molecular complexity index is 1230. The summed E-state index contributed by atoms with van der Waals surface area (Å²) in [5.74, 6) is -0.0958. The van der Waals surface area contributed by atoms with Gasteiger partial charge in [0.15, 0.2) is 11.5 Å². The Hall–Kier alpha value is -3.04. The molecule has 7 nitrogen and oxygen atoms in total. The Morgan fingerprint density at radius 3 is 2.00 bits per heavy atom. The summed E-state index contributed by atoms with van der Waals surface area (Å²) in [6.45, 7) is 1.85. The molecule has 0 saturated carbocycles. The maximum atomic E-state index is 13.8. The van der Waals surface area contributed by atoms with E-state index in [0.29, 0.717) is 0 Å². The average Bonchev–Trinajstić information content (AvgIpc) is 2.79. The number of amides is 1. The van der Waals surface area contributed by atoms with Crippen LogP contribution in [0.2, 0.25) is 0 Å². The maximum Gasteiger partial charge on any atom is 0.273 e. The molecule has 168 valence electrons. The number of methoxy groups -OCH3 is 3. The van der Waals surface area contributed by atoms with Crippen molar-refractivity contribution in [3.63, 3.8) is 0 Å². The van der Waals surface area contributed by atoms with E-state index >= 15 is 0 Å². The van der Waals surface area contributed by atoms with Crippen LogP contribution < -0.4 is 18.5 Å². The summed E-state index contributed by atoms with van der Waals surface area (Å²) in [6.07, 6.45) is 0. The summed E-state index contributed by atoms with van der Waals surface area (Å²) in [5.41, 5.74) is 1.12. The first-order valence-corrected chi connectivity index (χ1v) is 11.7. The van der Waals surface area contributed by atoms with E-state index in [1.165, 1.54) is 39.5 Å². The van der Waals surface area contributed by atoms with E-state index in [-0.39, 0.29) is 37.9 Å². The van der Waals surface area contributed by atoms with Gasteiger partial charge in [-0.25, -0.2) is 8.42 Å². The van der Waals surface area contributed by atoms with Crippen molar-refractivity contribution in [3.8, 4) is 17.2 Å². The predicted molar refractivity (Wildman–Crippen MR) is 125 cm³/mol. The normalized spacial score (nSPS) is 11.0. The van der Waals surface area contributed by atoms with Crippen LogP contribution >= 0.6 is 15.9 Å². The van der Waals surface area contributed by atoms with Crippen molar-refractivity contribution in [1.82, 2.24) is 0 Å². The lowest BCUT2D eigenvalue weighted by Gasteiger charge is -2.24. The number of para-hydroxylation sites is 1. The van der Waals surface area contributed by atoms with Crippen LogP contribution in [0, 0.1) is 6.92 Å². The zero-order chi connectivity index (χ0) is 23.5. The SMILES string of the molecule is COc1cc(C(=O)N(c2ccccc2)S(=O)(=O)c2ccc(C)cc2)c(Br)c(OC)c1OC.